The van der Waals surface area contributed by atoms with Gasteiger partial charge in [-0.05, 0) is 60.6 Å². The smallest absolute Gasteiger partial charge is 0.253 e. The van der Waals surface area contributed by atoms with Crippen molar-refractivity contribution in [2.45, 2.75) is 38.8 Å². The van der Waals surface area contributed by atoms with Crippen molar-refractivity contribution in [3.63, 3.8) is 0 Å². The normalized spacial score (nSPS) is 13.9. The molecule has 166 valence electrons. The summed E-state index contributed by atoms with van der Waals surface area (Å²) in [6, 6.07) is 22.4. The van der Waals surface area contributed by atoms with E-state index in [-0.39, 0.29) is 18.5 Å². The van der Waals surface area contributed by atoms with E-state index in [9.17, 15) is 13.2 Å². The number of benzene rings is 3. The van der Waals surface area contributed by atoms with Gasteiger partial charge in [-0.25, -0.2) is 8.42 Å². The summed E-state index contributed by atoms with van der Waals surface area (Å²) in [7, 11) is -3.61. The summed E-state index contributed by atoms with van der Waals surface area (Å²) in [4.78, 5) is 13.2. The maximum absolute atomic E-state index is 13.2. The lowest BCUT2D eigenvalue weighted by atomic mass is 10.0. The number of anilines is 1. The van der Waals surface area contributed by atoms with E-state index in [4.69, 9.17) is 0 Å². The quantitative estimate of drug-likeness (QED) is 0.573. The molecule has 4 rings (SSSR count). The largest absolute Gasteiger partial charge is 0.345 e. The first-order valence-corrected chi connectivity index (χ1v) is 12.7. The summed E-state index contributed by atoms with van der Waals surface area (Å²) in [6.07, 6.45) is 4.54. The summed E-state index contributed by atoms with van der Waals surface area (Å²) in [6.45, 7) is 2.11. The number of nitrogens with one attached hydrogen (secondary N) is 1. The first-order chi connectivity index (χ1) is 15.3. The average Bonchev–Trinajstić information content (AvgIpc) is 3.25. The summed E-state index contributed by atoms with van der Waals surface area (Å²) in [5.41, 5.74) is 5.36. The van der Waals surface area contributed by atoms with Crippen LogP contribution in [0.15, 0.2) is 72.8 Å². The Labute approximate surface area is 190 Å². The standard InChI is InChI=1S/C26H28N2O3S/c1-19(22-16-15-21-11-8-12-23(21)17-22)27-26(29)24-13-6-7-14-25(24)28(32(2,30)31)18-20-9-4-3-5-10-20/h3-7,9-10,13-17,19H,8,11-12,18H2,1-2H3,(H,27,29)/t19-/m0/s1. The van der Waals surface area contributed by atoms with Crippen molar-refractivity contribution < 1.29 is 13.2 Å². The van der Waals surface area contributed by atoms with Gasteiger partial charge in [0.15, 0.2) is 0 Å². The topological polar surface area (TPSA) is 66.5 Å². The van der Waals surface area contributed by atoms with Gasteiger partial charge in [-0.2, -0.15) is 0 Å². The Morgan fingerprint density at radius 2 is 1.66 bits per heavy atom. The lowest BCUT2D eigenvalue weighted by Crippen LogP contribution is -2.33. The number of sulfonamides is 1. The summed E-state index contributed by atoms with van der Waals surface area (Å²) >= 11 is 0. The molecule has 0 aliphatic heterocycles. The van der Waals surface area contributed by atoms with Crippen LogP contribution in [-0.2, 0) is 29.4 Å². The molecular formula is C26H28N2O3S. The second kappa shape index (κ2) is 9.17. The van der Waals surface area contributed by atoms with Gasteiger partial charge in [0, 0.05) is 0 Å². The number of hydrogen-bond acceptors (Lipinski definition) is 3. The molecule has 6 heteroatoms. The Balaban J connectivity index is 1.60. The van der Waals surface area contributed by atoms with E-state index in [0.717, 1.165) is 30.2 Å². The fraction of sp³-hybridized carbons (Fsp3) is 0.269. The number of fused-ring (bicyclic) bond motifs is 1. The van der Waals surface area contributed by atoms with Gasteiger partial charge in [0.2, 0.25) is 10.0 Å². The van der Waals surface area contributed by atoms with E-state index >= 15 is 0 Å². The van der Waals surface area contributed by atoms with E-state index in [1.807, 2.05) is 37.3 Å². The number of nitrogens with zero attached hydrogens (tertiary/aromatic N) is 1. The number of rotatable bonds is 7. The fourth-order valence-corrected chi connectivity index (χ4v) is 5.13. The number of carbonyl (C=O) groups excluding carboxylic acids is 1. The predicted molar refractivity (Wildman–Crippen MR) is 128 cm³/mol. The van der Waals surface area contributed by atoms with Gasteiger partial charge in [0.1, 0.15) is 0 Å². The molecule has 0 saturated carbocycles. The number of amides is 1. The minimum Gasteiger partial charge on any atom is -0.345 e. The lowest BCUT2D eigenvalue weighted by Gasteiger charge is -2.25. The van der Waals surface area contributed by atoms with Crippen molar-refractivity contribution >= 4 is 21.6 Å². The summed E-state index contributed by atoms with van der Waals surface area (Å²) in [5, 5.41) is 3.05. The van der Waals surface area contributed by atoms with Crippen LogP contribution in [0.2, 0.25) is 0 Å². The molecule has 32 heavy (non-hydrogen) atoms. The minimum atomic E-state index is -3.61. The van der Waals surface area contributed by atoms with E-state index in [2.05, 4.69) is 23.5 Å². The van der Waals surface area contributed by atoms with E-state index < -0.39 is 10.0 Å². The molecule has 0 fully saturated rings. The zero-order valence-corrected chi connectivity index (χ0v) is 19.2. The van der Waals surface area contributed by atoms with Crippen LogP contribution < -0.4 is 9.62 Å². The Kier molecular flexibility index (Phi) is 6.33. The van der Waals surface area contributed by atoms with Crippen molar-refractivity contribution in [2.24, 2.45) is 0 Å². The monoisotopic (exact) mass is 448 g/mol. The van der Waals surface area contributed by atoms with Crippen LogP contribution in [0.3, 0.4) is 0 Å². The van der Waals surface area contributed by atoms with Gasteiger partial charge in [-0.15, -0.1) is 0 Å². The first-order valence-electron chi connectivity index (χ1n) is 10.9. The van der Waals surface area contributed by atoms with Crippen molar-refractivity contribution in [3.8, 4) is 0 Å². The second-order valence-corrected chi connectivity index (χ2v) is 10.3. The molecule has 0 heterocycles. The van der Waals surface area contributed by atoms with Gasteiger partial charge in [-0.1, -0.05) is 60.7 Å². The highest BCUT2D eigenvalue weighted by molar-refractivity contribution is 7.92. The number of aryl methyl sites for hydroxylation is 2. The average molecular weight is 449 g/mol. The Morgan fingerprint density at radius 1 is 0.969 bits per heavy atom. The van der Waals surface area contributed by atoms with Gasteiger partial charge in [0.25, 0.3) is 5.91 Å². The van der Waals surface area contributed by atoms with Crippen LogP contribution in [0.25, 0.3) is 0 Å². The fourth-order valence-electron chi connectivity index (χ4n) is 4.23. The Bertz CT molecular complexity index is 1220. The Hall–Kier alpha value is -3.12. The molecule has 0 spiro atoms. The molecule has 3 aromatic rings. The molecule has 0 aromatic heterocycles. The highest BCUT2D eigenvalue weighted by Gasteiger charge is 2.24. The van der Waals surface area contributed by atoms with Crippen LogP contribution in [0.5, 0.6) is 0 Å². The first kappa shape index (κ1) is 22.1. The van der Waals surface area contributed by atoms with Crippen LogP contribution in [0.1, 0.15) is 52.0 Å². The molecule has 0 radical (unpaired) electrons. The number of hydrogen-bond donors (Lipinski definition) is 1. The second-order valence-electron chi connectivity index (χ2n) is 8.35. The van der Waals surface area contributed by atoms with Crippen LogP contribution in [0, 0.1) is 0 Å². The van der Waals surface area contributed by atoms with Gasteiger partial charge >= 0.3 is 0 Å². The Morgan fingerprint density at radius 3 is 2.41 bits per heavy atom. The SMILES string of the molecule is C[C@H](NC(=O)c1ccccc1N(Cc1ccccc1)S(C)(=O)=O)c1ccc2c(c1)CCC2. The van der Waals surface area contributed by atoms with Crippen LogP contribution in [-0.4, -0.2) is 20.6 Å². The van der Waals surface area contributed by atoms with Crippen molar-refractivity contribution in [1.29, 1.82) is 0 Å². The molecule has 1 amide bonds. The van der Waals surface area contributed by atoms with Crippen molar-refractivity contribution in [2.75, 3.05) is 10.6 Å². The molecule has 1 N–H and O–H groups in total. The lowest BCUT2D eigenvalue weighted by molar-refractivity contribution is 0.0940. The molecule has 0 saturated heterocycles. The van der Waals surface area contributed by atoms with Crippen LogP contribution >= 0.6 is 0 Å². The van der Waals surface area contributed by atoms with Crippen molar-refractivity contribution in [3.05, 3.63) is 101 Å². The highest BCUT2D eigenvalue weighted by Crippen LogP contribution is 2.28. The third-order valence-electron chi connectivity index (χ3n) is 5.96. The summed E-state index contributed by atoms with van der Waals surface area (Å²) in [5.74, 6) is -0.296. The molecule has 0 unspecified atom stereocenters. The van der Waals surface area contributed by atoms with E-state index in [0.29, 0.717) is 11.3 Å². The van der Waals surface area contributed by atoms with E-state index in [1.54, 1.807) is 24.3 Å². The molecule has 0 bridgehead atoms. The molecule has 5 nitrogen and oxygen atoms in total. The number of carbonyl (C=O) groups is 1. The molecule has 1 aliphatic carbocycles. The maximum atomic E-state index is 13.2. The third-order valence-corrected chi connectivity index (χ3v) is 7.08. The van der Waals surface area contributed by atoms with Crippen LogP contribution in [0.4, 0.5) is 5.69 Å². The number of para-hydroxylation sites is 1. The molecule has 1 aliphatic rings. The van der Waals surface area contributed by atoms with Gasteiger partial charge in [0.05, 0.1) is 30.1 Å². The predicted octanol–water partition coefficient (Wildman–Crippen LogP) is 4.63. The van der Waals surface area contributed by atoms with Crippen molar-refractivity contribution in [1.82, 2.24) is 5.32 Å². The highest BCUT2D eigenvalue weighted by atomic mass is 32.2. The summed E-state index contributed by atoms with van der Waals surface area (Å²) < 4.78 is 26.6. The third kappa shape index (κ3) is 4.86. The zero-order valence-electron chi connectivity index (χ0n) is 18.4. The molecule has 3 aromatic carbocycles. The zero-order chi connectivity index (χ0) is 22.7. The van der Waals surface area contributed by atoms with Gasteiger partial charge in [-0.3, -0.25) is 9.10 Å². The molecular weight excluding hydrogens is 420 g/mol. The minimum absolute atomic E-state index is 0.157. The van der Waals surface area contributed by atoms with E-state index in [1.165, 1.54) is 21.9 Å². The maximum Gasteiger partial charge on any atom is 0.253 e. The van der Waals surface area contributed by atoms with Gasteiger partial charge < -0.3 is 5.32 Å². The molecule has 1 atom stereocenters.